The molecule has 0 saturated carbocycles. The number of nitrogens with one attached hydrogen (secondary N) is 1. The molecule has 2 aromatic carbocycles. The summed E-state index contributed by atoms with van der Waals surface area (Å²) < 4.78 is 67.2. The van der Waals surface area contributed by atoms with Crippen molar-refractivity contribution in [3.05, 3.63) is 64.7 Å². The maximum Gasteiger partial charge on any atom is 0.488 e. The van der Waals surface area contributed by atoms with Crippen LogP contribution in [0.2, 0.25) is 0 Å². The Morgan fingerprint density at radius 2 is 1.58 bits per heavy atom. The second kappa shape index (κ2) is 16.4. The molecule has 43 heavy (non-hydrogen) atoms. The van der Waals surface area contributed by atoms with Crippen molar-refractivity contribution in [2.75, 3.05) is 26.2 Å². The zero-order valence-electron chi connectivity index (χ0n) is 23.2. The molecule has 0 spiro atoms. The number of amides is 2. The highest BCUT2D eigenvalue weighted by atomic mass is 19.4. The second-order valence-corrected chi connectivity index (χ2v) is 9.89. The zero-order valence-corrected chi connectivity index (χ0v) is 23.2. The lowest BCUT2D eigenvalue weighted by atomic mass is 9.79. The summed E-state index contributed by atoms with van der Waals surface area (Å²) in [5.74, 6) is -4.79. The maximum absolute atomic E-state index is 14.5. The summed E-state index contributed by atoms with van der Waals surface area (Å²) in [6.45, 7) is 0.907. The first-order valence-corrected chi connectivity index (χ1v) is 13.4. The highest BCUT2D eigenvalue weighted by Gasteiger charge is 2.30. The van der Waals surface area contributed by atoms with E-state index in [0.29, 0.717) is 11.6 Å². The summed E-state index contributed by atoms with van der Waals surface area (Å²) in [6, 6.07) is 3.00. The summed E-state index contributed by atoms with van der Waals surface area (Å²) >= 11 is 0. The Labute approximate surface area is 245 Å². The molecule has 2 atom stereocenters. The van der Waals surface area contributed by atoms with E-state index in [2.05, 4.69) is 5.32 Å². The van der Waals surface area contributed by atoms with Crippen LogP contribution in [-0.4, -0.2) is 77.9 Å². The lowest BCUT2D eigenvalue weighted by Gasteiger charge is -2.23. The fourth-order valence-electron chi connectivity index (χ4n) is 4.26. The molecule has 0 fully saturated rings. The molecular formula is C27H35BF5N5O5. The van der Waals surface area contributed by atoms with E-state index in [0.717, 1.165) is 18.2 Å². The van der Waals surface area contributed by atoms with Crippen molar-refractivity contribution in [2.45, 2.75) is 50.4 Å². The third kappa shape index (κ3) is 11.0. The average molecular weight is 615 g/mol. The summed E-state index contributed by atoms with van der Waals surface area (Å²) in [7, 11) is -2.15. The smallest absolute Gasteiger partial charge is 0.423 e. The molecule has 0 heterocycles. The largest absolute Gasteiger partial charge is 0.488 e. The van der Waals surface area contributed by atoms with Gasteiger partial charge in [0.05, 0.1) is 17.6 Å². The Kier molecular flexibility index (Phi) is 13.7. The van der Waals surface area contributed by atoms with Crippen molar-refractivity contribution in [3.8, 4) is 0 Å². The highest BCUT2D eigenvalue weighted by Crippen LogP contribution is 2.29. The molecule has 0 radical (unpaired) electrons. The van der Waals surface area contributed by atoms with Gasteiger partial charge in [-0.15, -0.1) is 0 Å². The van der Waals surface area contributed by atoms with Crippen LogP contribution < -0.4 is 28.0 Å². The number of carbonyl (C=O) groups is 3. The molecule has 0 bridgehead atoms. The van der Waals surface area contributed by atoms with Crippen LogP contribution in [0.3, 0.4) is 0 Å². The van der Waals surface area contributed by atoms with E-state index in [9.17, 15) is 46.4 Å². The van der Waals surface area contributed by atoms with Gasteiger partial charge in [0.1, 0.15) is 0 Å². The minimum Gasteiger partial charge on any atom is -0.423 e. The molecule has 2 rings (SSSR count). The van der Waals surface area contributed by atoms with Crippen LogP contribution >= 0.6 is 0 Å². The number of alkyl halides is 3. The number of hydrogen-bond acceptors (Lipinski definition) is 8. The van der Waals surface area contributed by atoms with Gasteiger partial charge in [0, 0.05) is 39.0 Å². The van der Waals surface area contributed by atoms with E-state index in [1.165, 1.54) is 17.0 Å². The first-order valence-electron chi connectivity index (χ1n) is 13.4. The van der Waals surface area contributed by atoms with Gasteiger partial charge in [0.2, 0.25) is 11.8 Å². The van der Waals surface area contributed by atoms with Crippen LogP contribution in [0.15, 0.2) is 36.4 Å². The Morgan fingerprint density at radius 1 is 0.977 bits per heavy atom. The average Bonchev–Trinajstić information content (AvgIpc) is 2.95. The first kappa shape index (κ1) is 35.8. The number of nitrogens with zero attached hydrogens (tertiary/aromatic N) is 1. The Hall–Kier alpha value is -3.44. The number of rotatable bonds is 16. The third-order valence-electron chi connectivity index (χ3n) is 6.65. The Balaban J connectivity index is 2.20. The van der Waals surface area contributed by atoms with Crippen LogP contribution in [0, 0.1) is 11.6 Å². The number of benzene rings is 2. The SMILES string of the molecule is NCCN(CCN)C(=O)CC[C@H](N)C(=O)N[C@H](CCc1ccc(C(F)(F)F)cc1)C(=O)Cc1cc(B(O)O)cc(F)c1F. The van der Waals surface area contributed by atoms with Crippen molar-refractivity contribution in [1.29, 1.82) is 0 Å². The van der Waals surface area contributed by atoms with Crippen LogP contribution in [-0.2, 0) is 33.4 Å². The molecule has 0 aliphatic rings. The van der Waals surface area contributed by atoms with E-state index in [1.807, 2.05) is 0 Å². The Morgan fingerprint density at radius 3 is 2.12 bits per heavy atom. The molecule has 0 saturated heterocycles. The number of aryl methyl sites for hydroxylation is 1. The van der Waals surface area contributed by atoms with Gasteiger partial charge in [-0.1, -0.05) is 18.2 Å². The summed E-state index contributed by atoms with van der Waals surface area (Å²) in [5, 5.41) is 21.1. The predicted molar refractivity (Wildman–Crippen MR) is 148 cm³/mol. The second-order valence-electron chi connectivity index (χ2n) is 9.89. The molecule has 16 heteroatoms. The van der Waals surface area contributed by atoms with Gasteiger partial charge in [-0.25, -0.2) is 8.78 Å². The summed E-state index contributed by atoms with van der Waals surface area (Å²) in [6.07, 6.45) is -5.67. The van der Waals surface area contributed by atoms with Crippen LogP contribution in [0.1, 0.15) is 36.0 Å². The van der Waals surface area contributed by atoms with E-state index in [-0.39, 0.29) is 57.8 Å². The standard InChI is InChI=1S/C27H35BF5N5O5/c29-20-15-19(28(42)43)13-17(25(20)30)14-23(39)22(7-3-16-1-4-18(5-2-16)27(31,32)33)37-26(41)21(36)6-8-24(40)38(11-9-34)12-10-35/h1-2,4-5,13,15,21-22,42-43H,3,6-12,14,34-36H2,(H,37,41)/t21-,22+/m0/s1. The molecule has 236 valence electrons. The fourth-order valence-corrected chi connectivity index (χ4v) is 4.26. The lowest BCUT2D eigenvalue weighted by molar-refractivity contribution is -0.137. The van der Waals surface area contributed by atoms with Gasteiger partial charge < -0.3 is 37.5 Å². The number of halogens is 5. The zero-order chi connectivity index (χ0) is 32.3. The Bertz CT molecular complexity index is 1240. The maximum atomic E-state index is 14.5. The number of hydrogen-bond donors (Lipinski definition) is 6. The molecule has 2 amide bonds. The van der Waals surface area contributed by atoms with E-state index >= 15 is 0 Å². The normalized spacial score (nSPS) is 12.9. The van der Waals surface area contributed by atoms with Crippen LogP contribution in [0.25, 0.3) is 0 Å². The number of ketones is 1. The molecule has 0 aliphatic carbocycles. The van der Waals surface area contributed by atoms with Gasteiger partial charge in [0.25, 0.3) is 0 Å². The van der Waals surface area contributed by atoms with Crippen molar-refractivity contribution in [1.82, 2.24) is 10.2 Å². The van der Waals surface area contributed by atoms with Crippen molar-refractivity contribution < 1.29 is 46.4 Å². The van der Waals surface area contributed by atoms with Gasteiger partial charge in [0.15, 0.2) is 17.4 Å². The molecule has 0 unspecified atom stereocenters. The molecule has 10 nitrogen and oxygen atoms in total. The minimum atomic E-state index is -4.55. The number of carbonyl (C=O) groups excluding carboxylic acids is 3. The highest BCUT2D eigenvalue weighted by molar-refractivity contribution is 6.58. The van der Waals surface area contributed by atoms with Gasteiger partial charge in [-0.2, -0.15) is 13.2 Å². The first-order chi connectivity index (χ1) is 20.2. The summed E-state index contributed by atoms with van der Waals surface area (Å²) in [4.78, 5) is 40.0. The number of Topliss-reactive ketones (excluding diaryl/α,β-unsaturated/α-hetero) is 1. The summed E-state index contributed by atoms with van der Waals surface area (Å²) in [5.41, 5.74) is 15.6. The molecule has 2 aromatic rings. The van der Waals surface area contributed by atoms with Crippen LogP contribution in [0.5, 0.6) is 0 Å². The molecule has 0 aromatic heterocycles. The number of nitrogens with two attached hydrogens (primary N) is 3. The third-order valence-corrected chi connectivity index (χ3v) is 6.65. The van der Waals surface area contributed by atoms with E-state index < -0.39 is 71.7 Å². The fraction of sp³-hybridized carbons (Fsp3) is 0.444. The predicted octanol–water partition coefficient (Wildman–Crippen LogP) is -0.254. The molecular weight excluding hydrogens is 580 g/mol. The topological polar surface area (TPSA) is 185 Å². The van der Waals surface area contributed by atoms with E-state index in [1.54, 1.807) is 0 Å². The lowest BCUT2D eigenvalue weighted by Crippen LogP contribution is -2.49. The molecule has 9 N–H and O–H groups in total. The van der Waals surface area contributed by atoms with Crippen molar-refractivity contribution in [3.63, 3.8) is 0 Å². The van der Waals surface area contributed by atoms with Crippen LogP contribution in [0.4, 0.5) is 22.0 Å². The minimum absolute atomic E-state index is 0.0158. The van der Waals surface area contributed by atoms with Crippen molar-refractivity contribution >= 4 is 30.2 Å². The van der Waals surface area contributed by atoms with Gasteiger partial charge in [-0.3, -0.25) is 14.4 Å². The quantitative estimate of drug-likeness (QED) is 0.110. The molecule has 0 aliphatic heterocycles. The van der Waals surface area contributed by atoms with Gasteiger partial charge >= 0.3 is 13.3 Å². The van der Waals surface area contributed by atoms with E-state index in [4.69, 9.17) is 17.2 Å². The monoisotopic (exact) mass is 615 g/mol. The van der Waals surface area contributed by atoms with Crippen molar-refractivity contribution in [2.24, 2.45) is 17.2 Å². The van der Waals surface area contributed by atoms with Gasteiger partial charge in [-0.05, 0) is 54.1 Å².